The fourth-order valence-electron chi connectivity index (χ4n) is 1.79. The number of ketones is 1. The van der Waals surface area contributed by atoms with Gasteiger partial charge in [0.15, 0.2) is 10.9 Å². The smallest absolute Gasteiger partial charge is 0.191 e. The van der Waals surface area contributed by atoms with Gasteiger partial charge in [0.1, 0.15) is 5.82 Å². The second kappa shape index (κ2) is 6.02. The van der Waals surface area contributed by atoms with E-state index in [1.54, 1.807) is 0 Å². The summed E-state index contributed by atoms with van der Waals surface area (Å²) in [5.41, 5.74) is 1.91. The Hall–Kier alpha value is -1.62. The van der Waals surface area contributed by atoms with Crippen LogP contribution in [0.5, 0.6) is 0 Å². The Bertz CT molecular complexity index is 575. The third-order valence-electron chi connectivity index (χ3n) is 2.92. The highest BCUT2D eigenvalue weighted by atomic mass is 32.2. The summed E-state index contributed by atoms with van der Waals surface area (Å²) in [7, 11) is 0. The molecule has 0 radical (unpaired) electrons. The first kappa shape index (κ1) is 13.8. The zero-order valence-corrected chi connectivity index (χ0v) is 12.2. The van der Waals surface area contributed by atoms with E-state index in [1.165, 1.54) is 11.8 Å². The molecular weight excluding hydrogens is 258 g/mol. The Balaban J connectivity index is 2.02. The van der Waals surface area contributed by atoms with E-state index in [9.17, 15) is 4.79 Å². The molecule has 0 atom stereocenters. The normalized spacial score (nSPS) is 10.7. The van der Waals surface area contributed by atoms with Crippen molar-refractivity contribution in [1.82, 2.24) is 14.8 Å². The average Bonchev–Trinajstić information content (AvgIpc) is 2.77. The molecule has 0 spiro atoms. The van der Waals surface area contributed by atoms with Crippen molar-refractivity contribution < 1.29 is 4.79 Å². The summed E-state index contributed by atoms with van der Waals surface area (Å²) in [5, 5.41) is 8.93. The first-order valence-electron chi connectivity index (χ1n) is 6.24. The Morgan fingerprint density at radius 2 is 1.89 bits per heavy atom. The molecule has 4 nitrogen and oxygen atoms in total. The van der Waals surface area contributed by atoms with Crippen molar-refractivity contribution in [3.63, 3.8) is 0 Å². The van der Waals surface area contributed by atoms with Crippen LogP contribution < -0.4 is 0 Å². The molecule has 2 rings (SSSR count). The lowest BCUT2D eigenvalue weighted by Crippen LogP contribution is -2.05. The molecule has 1 aromatic carbocycles. The van der Waals surface area contributed by atoms with Crippen LogP contribution >= 0.6 is 11.8 Å². The minimum absolute atomic E-state index is 0.119. The quantitative estimate of drug-likeness (QED) is 0.622. The van der Waals surface area contributed by atoms with Crippen molar-refractivity contribution in [2.24, 2.45) is 0 Å². The third-order valence-corrected chi connectivity index (χ3v) is 3.89. The molecule has 0 unspecified atom stereocenters. The van der Waals surface area contributed by atoms with Crippen LogP contribution in [0, 0.1) is 13.8 Å². The van der Waals surface area contributed by atoms with Gasteiger partial charge in [-0.2, -0.15) is 0 Å². The van der Waals surface area contributed by atoms with E-state index in [4.69, 9.17) is 0 Å². The van der Waals surface area contributed by atoms with Gasteiger partial charge < -0.3 is 4.57 Å². The van der Waals surface area contributed by atoms with Gasteiger partial charge in [-0.05, 0) is 20.8 Å². The maximum absolute atomic E-state index is 12.1. The molecule has 0 fully saturated rings. The van der Waals surface area contributed by atoms with E-state index in [0.29, 0.717) is 5.75 Å². The molecule has 0 aliphatic carbocycles. The van der Waals surface area contributed by atoms with E-state index < -0.39 is 0 Å². The van der Waals surface area contributed by atoms with Crippen LogP contribution in [0.3, 0.4) is 0 Å². The van der Waals surface area contributed by atoms with Gasteiger partial charge in [0.05, 0.1) is 5.75 Å². The van der Waals surface area contributed by atoms with Crippen LogP contribution in [0.1, 0.15) is 28.7 Å². The van der Waals surface area contributed by atoms with Gasteiger partial charge in [0.25, 0.3) is 0 Å². The molecule has 1 aromatic heterocycles. The van der Waals surface area contributed by atoms with E-state index in [2.05, 4.69) is 10.2 Å². The van der Waals surface area contributed by atoms with Gasteiger partial charge in [0.2, 0.25) is 0 Å². The number of aromatic nitrogens is 3. The Labute approximate surface area is 117 Å². The first-order valence-corrected chi connectivity index (χ1v) is 7.23. The highest BCUT2D eigenvalue weighted by molar-refractivity contribution is 7.99. The average molecular weight is 275 g/mol. The molecule has 0 bridgehead atoms. The van der Waals surface area contributed by atoms with Crippen molar-refractivity contribution >= 4 is 17.5 Å². The van der Waals surface area contributed by atoms with Gasteiger partial charge in [-0.15, -0.1) is 10.2 Å². The highest BCUT2D eigenvalue weighted by Gasteiger charge is 2.11. The number of carbonyl (C=O) groups is 1. The number of Topliss-reactive ketones (excluding diaryl/α,β-unsaturated/α-hetero) is 1. The second-order valence-corrected chi connectivity index (χ2v) is 5.29. The fraction of sp³-hybridized carbons (Fsp3) is 0.357. The predicted molar refractivity (Wildman–Crippen MR) is 76.7 cm³/mol. The Morgan fingerprint density at radius 1 is 1.21 bits per heavy atom. The zero-order valence-electron chi connectivity index (χ0n) is 11.4. The predicted octanol–water partition coefficient (Wildman–Crippen LogP) is 2.89. The number of carbonyl (C=O) groups excluding carboxylic acids is 1. The zero-order chi connectivity index (χ0) is 13.8. The first-order chi connectivity index (χ1) is 9.11. The summed E-state index contributed by atoms with van der Waals surface area (Å²) >= 11 is 1.44. The molecule has 19 heavy (non-hydrogen) atoms. The van der Waals surface area contributed by atoms with Crippen LogP contribution in [-0.2, 0) is 6.54 Å². The van der Waals surface area contributed by atoms with Crippen molar-refractivity contribution in [1.29, 1.82) is 0 Å². The summed E-state index contributed by atoms with van der Waals surface area (Å²) < 4.78 is 2.01. The lowest BCUT2D eigenvalue weighted by Gasteiger charge is -2.04. The van der Waals surface area contributed by atoms with Crippen LogP contribution in [0.4, 0.5) is 0 Å². The van der Waals surface area contributed by atoms with E-state index >= 15 is 0 Å². The summed E-state index contributed by atoms with van der Waals surface area (Å²) in [6, 6.07) is 7.65. The Morgan fingerprint density at radius 3 is 2.53 bits per heavy atom. The standard InChI is InChI=1S/C14H17N3OS/c1-4-17-11(3)15-16-14(17)19-9-13(18)12-7-5-10(2)6-8-12/h5-8H,4,9H2,1-3H3. The molecule has 0 aliphatic heterocycles. The molecule has 0 N–H and O–H groups in total. The molecule has 100 valence electrons. The lowest BCUT2D eigenvalue weighted by atomic mass is 10.1. The minimum Gasteiger partial charge on any atom is -0.307 e. The van der Waals surface area contributed by atoms with Gasteiger partial charge in [0, 0.05) is 12.1 Å². The highest BCUT2D eigenvalue weighted by Crippen LogP contribution is 2.18. The van der Waals surface area contributed by atoms with Crippen LogP contribution in [-0.4, -0.2) is 26.3 Å². The third kappa shape index (κ3) is 3.23. The molecule has 0 saturated heterocycles. The topological polar surface area (TPSA) is 47.8 Å². The molecule has 0 amide bonds. The van der Waals surface area contributed by atoms with E-state index in [1.807, 2.05) is 49.6 Å². The molecule has 5 heteroatoms. The molecule has 1 heterocycles. The van der Waals surface area contributed by atoms with Crippen LogP contribution in [0.25, 0.3) is 0 Å². The van der Waals surface area contributed by atoms with Crippen molar-refractivity contribution in [2.45, 2.75) is 32.5 Å². The Kier molecular flexibility index (Phi) is 4.37. The minimum atomic E-state index is 0.119. The number of hydrogen-bond donors (Lipinski definition) is 0. The van der Waals surface area contributed by atoms with Gasteiger partial charge in [-0.3, -0.25) is 4.79 Å². The number of thioether (sulfide) groups is 1. The number of rotatable bonds is 5. The second-order valence-electron chi connectivity index (χ2n) is 4.35. The van der Waals surface area contributed by atoms with Gasteiger partial charge >= 0.3 is 0 Å². The maximum atomic E-state index is 12.1. The van der Waals surface area contributed by atoms with Crippen molar-refractivity contribution in [3.8, 4) is 0 Å². The molecule has 2 aromatic rings. The lowest BCUT2D eigenvalue weighted by molar-refractivity contribution is 0.102. The van der Waals surface area contributed by atoms with E-state index in [-0.39, 0.29) is 5.78 Å². The van der Waals surface area contributed by atoms with E-state index in [0.717, 1.165) is 28.7 Å². The SMILES string of the molecule is CCn1c(C)nnc1SCC(=O)c1ccc(C)cc1. The van der Waals surface area contributed by atoms with Crippen molar-refractivity contribution in [3.05, 3.63) is 41.2 Å². The summed E-state index contributed by atoms with van der Waals surface area (Å²) in [4.78, 5) is 12.1. The summed E-state index contributed by atoms with van der Waals surface area (Å²) in [6.07, 6.45) is 0. The van der Waals surface area contributed by atoms with Crippen LogP contribution in [0.2, 0.25) is 0 Å². The number of aryl methyl sites for hydroxylation is 2. The summed E-state index contributed by atoms with van der Waals surface area (Å²) in [6.45, 7) is 6.79. The van der Waals surface area contributed by atoms with Crippen LogP contribution in [0.15, 0.2) is 29.4 Å². The number of nitrogens with zero attached hydrogens (tertiary/aromatic N) is 3. The largest absolute Gasteiger partial charge is 0.307 e. The van der Waals surface area contributed by atoms with Gasteiger partial charge in [-0.1, -0.05) is 41.6 Å². The number of hydrogen-bond acceptors (Lipinski definition) is 4. The van der Waals surface area contributed by atoms with Gasteiger partial charge in [-0.25, -0.2) is 0 Å². The summed E-state index contributed by atoms with van der Waals surface area (Å²) in [5.74, 6) is 1.39. The maximum Gasteiger partial charge on any atom is 0.191 e. The molecular formula is C14H17N3OS. The monoisotopic (exact) mass is 275 g/mol. The fourth-order valence-corrected chi connectivity index (χ4v) is 2.73. The molecule has 0 aliphatic rings. The number of benzene rings is 1. The molecule has 0 saturated carbocycles. The van der Waals surface area contributed by atoms with Crippen molar-refractivity contribution in [2.75, 3.05) is 5.75 Å².